The second-order valence-corrected chi connectivity index (χ2v) is 5.92. The van der Waals surface area contributed by atoms with Crippen molar-refractivity contribution in [2.24, 2.45) is 5.92 Å². The second-order valence-electron chi connectivity index (χ2n) is 4.93. The molecule has 0 bridgehead atoms. The summed E-state index contributed by atoms with van der Waals surface area (Å²) >= 11 is 1.88. The van der Waals surface area contributed by atoms with E-state index in [0.29, 0.717) is 6.04 Å². The molecule has 1 heterocycles. The Morgan fingerprint density at radius 3 is 2.81 bits per heavy atom. The van der Waals surface area contributed by atoms with Gasteiger partial charge in [0.05, 0.1) is 0 Å². The molecule has 3 nitrogen and oxygen atoms in total. The zero-order valence-corrected chi connectivity index (χ0v) is 11.0. The Morgan fingerprint density at radius 1 is 1.38 bits per heavy atom. The molecule has 1 saturated carbocycles. The number of hydrogen-bond acceptors (Lipinski definition) is 3. The van der Waals surface area contributed by atoms with E-state index >= 15 is 0 Å². The van der Waals surface area contributed by atoms with E-state index in [1.54, 1.807) is 0 Å². The summed E-state index contributed by atoms with van der Waals surface area (Å²) in [4.78, 5) is 0. The quantitative estimate of drug-likeness (QED) is 0.753. The lowest BCUT2D eigenvalue weighted by Gasteiger charge is -2.21. The van der Waals surface area contributed by atoms with Crippen molar-refractivity contribution < 1.29 is 0 Å². The van der Waals surface area contributed by atoms with Crippen LogP contribution >= 0.6 is 11.8 Å². The predicted molar refractivity (Wildman–Crippen MR) is 67.7 cm³/mol. The van der Waals surface area contributed by atoms with Crippen LogP contribution in [0.5, 0.6) is 0 Å². The highest BCUT2D eigenvalue weighted by Gasteiger charge is 2.15. The van der Waals surface area contributed by atoms with Gasteiger partial charge in [0.15, 0.2) is 5.16 Å². The molecular weight excluding hydrogens is 218 g/mol. The molecule has 0 spiro atoms. The van der Waals surface area contributed by atoms with Crippen LogP contribution < -0.4 is 0 Å². The Kier molecular flexibility index (Phi) is 4.27. The minimum atomic E-state index is 0.462. The van der Waals surface area contributed by atoms with Crippen molar-refractivity contribution in [3.63, 3.8) is 0 Å². The standard InChI is InChI=1S/C12H21N3S/c1-10(2)15-9-13-14-12(15)16-8-11-6-4-3-5-7-11/h9-11H,3-8H2,1-2H3. The molecule has 1 aromatic rings. The molecule has 0 radical (unpaired) electrons. The van der Waals surface area contributed by atoms with Crippen LogP contribution in [0.4, 0.5) is 0 Å². The summed E-state index contributed by atoms with van der Waals surface area (Å²) in [5, 5.41) is 9.28. The number of aromatic nitrogens is 3. The van der Waals surface area contributed by atoms with E-state index in [4.69, 9.17) is 0 Å². The highest BCUT2D eigenvalue weighted by atomic mass is 32.2. The average molecular weight is 239 g/mol. The van der Waals surface area contributed by atoms with Crippen molar-refractivity contribution in [2.75, 3.05) is 5.75 Å². The molecule has 90 valence electrons. The van der Waals surface area contributed by atoms with Gasteiger partial charge in [0.25, 0.3) is 0 Å². The molecule has 0 N–H and O–H groups in total. The Balaban J connectivity index is 1.86. The molecule has 1 fully saturated rings. The highest BCUT2D eigenvalue weighted by molar-refractivity contribution is 7.99. The van der Waals surface area contributed by atoms with Gasteiger partial charge in [0.2, 0.25) is 0 Å². The third kappa shape index (κ3) is 3.00. The Labute approximate surface area is 102 Å². The van der Waals surface area contributed by atoms with Gasteiger partial charge in [-0.05, 0) is 32.6 Å². The molecule has 16 heavy (non-hydrogen) atoms. The van der Waals surface area contributed by atoms with Gasteiger partial charge in [0.1, 0.15) is 6.33 Å². The number of hydrogen-bond donors (Lipinski definition) is 0. The van der Waals surface area contributed by atoms with Gasteiger partial charge in [-0.1, -0.05) is 31.0 Å². The first-order chi connectivity index (χ1) is 7.77. The molecule has 2 rings (SSSR count). The van der Waals surface area contributed by atoms with Crippen LogP contribution in [0.1, 0.15) is 52.0 Å². The summed E-state index contributed by atoms with van der Waals surface area (Å²) in [6.07, 6.45) is 8.92. The lowest BCUT2D eigenvalue weighted by atomic mass is 9.91. The Bertz CT molecular complexity index is 316. The van der Waals surface area contributed by atoms with Crippen molar-refractivity contribution in [2.45, 2.75) is 57.1 Å². The van der Waals surface area contributed by atoms with E-state index < -0.39 is 0 Å². The van der Waals surface area contributed by atoms with Gasteiger partial charge < -0.3 is 4.57 Å². The summed E-state index contributed by atoms with van der Waals surface area (Å²) in [5.74, 6) is 2.11. The maximum Gasteiger partial charge on any atom is 0.191 e. The van der Waals surface area contributed by atoms with Gasteiger partial charge in [-0.15, -0.1) is 10.2 Å². The highest BCUT2D eigenvalue weighted by Crippen LogP contribution is 2.29. The third-order valence-corrected chi connectivity index (χ3v) is 4.46. The van der Waals surface area contributed by atoms with E-state index in [1.165, 1.54) is 37.9 Å². The van der Waals surface area contributed by atoms with Crippen LogP contribution in [0.2, 0.25) is 0 Å². The smallest absolute Gasteiger partial charge is 0.191 e. The molecule has 1 aliphatic rings. The predicted octanol–water partition coefficient (Wildman–Crippen LogP) is 3.53. The molecule has 1 aromatic heterocycles. The first-order valence-corrected chi connectivity index (χ1v) is 7.28. The zero-order chi connectivity index (χ0) is 11.4. The van der Waals surface area contributed by atoms with Crippen LogP contribution in [-0.4, -0.2) is 20.5 Å². The van der Waals surface area contributed by atoms with Crippen molar-refractivity contribution in [1.29, 1.82) is 0 Å². The fourth-order valence-electron chi connectivity index (χ4n) is 2.24. The van der Waals surface area contributed by atoms with Gasteiger partial charge in [-0.2, -0.15) is 0 Å². The Hall–Kier alpha value is -0.510. The zero-order valence-electron chi connectivity index (χ0n) is 10.2. The van der Waals surface area contributed by atoms with Crippen LogP contribution in [0.3, 0.4) is 0 Å². The van der Waals surface area contributed by atoms with E-state index in [1.807, 2.05) is 18.1 Å². The molecule has 0 atom stereocenters. The summed E-state index contributed by atoms with van der Waals surface area (Å²) < 4.78 is 2.16. The number of thioether (sulfide) groups is 1. The van der Waals surface area contributed by atoms with E-state index in [0.717, 1.165) is 11.1 Å². The molecule has 0 amide bonds. The third-order valence-electron chi connectivity index (χ3n) is 3.27. The van der Waals surface area contributed by atoms with Crippen LogP contribution in [-0.2, 0) is 0 Å². The number of nitrogens with zero attached hydrogens (tertiary/aromatic N) is 3. The summed E-state index contributed by atoms with van der Waals surface area (Å²) in [7, 11) is 0. The molecule has 0 unspecified atom stereocenters. The lowest BCUT2D eigenvalue weighted by Crippen LogP contribution is -2.10. The maximum atomic E-state index is 4.20. The molecule has 1 aliphatic carbocycles. The van der Waals surface area contributed by atoms with Gasteiger partial charge in [-0.3, -0.25) is 0 Å². The lowest BCUT2D eigenvalue weighted by molar-refractivity contribution is 0.390. The minimum absolute atomic E-state index is 0.462. The summed E-state index contributed by atoms with van der Waals surface area (Å²) in [6.45, 7) is 4.35. The average Bonchev–Trinajstić information content (AvgIpc) is 2.76. The van der Waals surface area contributed by atoms with Crippen LogP contribution in [0.25, 0.3) is 0 Å². The van der Waals surface area contributed by atoms with E-state index in [2.05, 4.69) is 28.6 Å². The topological polar surface area (TPSA) is 30.7 Å². The molecule has 0 saturated heterocycles. The van der Waals surface area contributed by atoms with Crippen molar-refractivity contribution >= 4 is 11.8 Å². The van der Waals surface area contributed by atoms with Gasteiger partial charge >= 0.3 is 0 Å². The minimum Gasteiger partial charge on any atom is -0.306 e. The normalized spacial score (nSPS) is 18.2. The second kappa shape index (κ2) is 5.71. The van der Waals surface area contributed by atoms with E-state index in [9.17, 15) is 0 Å². The van der Waals surface area contributed by atoms with E-state index in [-0.39, 0.29) is 0 Å². The summed E-state index contributed by atoms with van der Waals surface area (Å²) in [5.41, 5.74) is 0. The van der Waals surface area contributed by atoms with Crippen LogP contribution in [0.15, 0.2) is 11.5 Å². The first-order valence-electron chi connectivity index (χ1n) is 6.29. The number of rotatable bonds is 4. The fourth-order valence-corrected chi connectivity index (χ4v) is 3.47. The molecule has 0 aromatic carbocycles. The SMILES string of the molecule is CC(C)n1cnnc1SCC1CCCCC1. The van der Waals surface area contributed by atoms with Gasteiger partial charge in [0, 0.05) is 11.8 Å². The first kappa shape index (κ1) is 12.0. The monoisotopic (exact) mass is 239 g/mol. The fraction of sp³-hybridized carbons (Fsp3) is 0.833. The summed E-state index contributed by atoms with van der Waals surface area (Å²) in [6, 6.07) is 0.462. The molecule has 4 heteroatoms. The van der Waals surface area contributed by atoms with Gasteiger partial charge in [-0.25, -0.2) is 0 Å². The van der Waals surface area contributed by atoms with Crippen LogP contribution in [0, 0.1) is 5.92 Å². The van der Waals surface area contributed by atoms with Crippen molar-refractivity contribution in [3.8, 4) is 0 Å². The Morgan fingerprint density at radius 2 is 2.12 bits per heavy atom. The molecule has 0 aliphatic heterocycles. The van der Waals surface area contributed by atoms with Crippen molar-refractivity contribution in [1.82, 2.24) is 14.8 Å². The van der Waals surface area contributed by atoms with Crippen molar-refractivity contribution in [3.05, 3.63) is 6.33 Å². The maximum absolute atomic E-state index is 4.20. The molecular formula is C12H21N3S. The largest absolute Gasteiger partial charge is 0.306 e.